The number of nitrogens with one attached hydrogen (secondary N) is 1. The summed E-state index contributed by atoms with van der Waals surface area (Å²) in [5, 5.41) is 7.06. The van der Waals surface area contributed by atoms with Gasteiger partial charge in [0.15, 0.2) is 0 Å². The fraction of sp³-hybridized carbons (Fsp3) is 0.444. The number of methoxy groups -OCH3 is 1. The molecule has 0 bridgehead atoms. The second-order valence-corrected chi connectivity index (χ2v) is 3.91. The number of ether oxygens (including phenoxy) is 1. The van der Waals surface area contributed by atoms with Gasteiger partial charge < -0.3 is 10.1 Å². The maximum absolute atomic E-state index is 5.83. The third-order valence-electron chi connectivity index (χ3n) is 2.01. The first kappa shape index (κ1) is 12.7. The van der Waals surface area contributed by atoms with E-state index in [1.54, 1.807) is 7.11 Å². The highest BCUT2D eigenvalue weighted by Crippen LogP contribution is 2.09. The highest BCUT2D eigenvalue weighted by Gasteiger charge is 2.09. The van der Waals surface area contributed by atoms with Gasteiger partial charge in [0.1, 0.15) is 12.7 Å². The number of rotatable bonds is 5. The van der Waals surface area contributed by atoms with Crippen molar-refractivity contribution in [2.24, 2.45) is 0 Å². The molecule has 0 saturated heterocycles. The largest absolute Gasteiger partial charge is 0.383 e. The molecule has 0 spiro atoms. The van der Waals surface area contributed by atoms with E-state index in [1.807, 2.05) is 6.92 Å². The normalized spacial score (nSPS) is 12.4. The lowest BCUT2D eigenvalue weighted by Crippen LogP contribution is -2.23. The summed E-state index contributed by atoms with van der Waals surface area (Å²) in [6, 6.07) is 0.0528. The van der Waals surface area contributed by atoms with Crippen molar-refractivity contribution in [2.75, 3.05) is 19.0 Å². The van der Waals surface area contributed by atoms with Crippen molar-refractivity contribution in [2.45, 2.75) is 13.0 Å². The van der Waals surface area contributed by atoms with Gasteiger partial charge in [-0.15, -0.1) is 0 Å². The zero-order valence-corrected chi connectivity index (χ0v) is 10.7. The summed E-state index contributed by atoms with van der Waals surface area (Å²) in [7, 11) is 1.62. The smallest absolute Gasteiger partial charge is 0.258 e. The molecule has 2 aromatic heterocycles. The van der Waals surface area contributed by atoms with Gasteiger partial charge in [-0.3, -0.25) is 0 Å². The van der Waals surface area contributed by atoms with Crippen molar-refractivity contribution >= 4 is 17.5 Å². The van der Waals surface area contributed by atoms with Crippen LogP contribution in [-0.2, 0) is 4.74 Å². The van der Waals surface area contributed by atoms with Gasteiger partial charge in [0.2, 0.25) is 11.2 Å². The number of nitrogens with zero attached hydrogens (tertiary/aromatic N) is 6. The van der Waals surface area contributed by atoms with Gasteiger partial charge in [0.25, 0.3) is 5.95 Å². The topological polar surface area (TPSA) is 90.6 Å². The predicted octanol–water partition coefficient (Wildman–Crippen LogP) is 0.552. The maximum Gasteiger partial charge on any atom is 0.258 e. The van der Waals surface area contributed by atoms with Crippen molar-refractivity contribution in [3.63, 3.8) is 0 Å². The van der Waals surface area contributed by atoms with E-state index in [2.05, 4.69) is 30.4 Å². The minimum absolute atomic E-state index is 0.0528. The molecule has 2 heterocycles. The van der Waals surface area contributed by atoms with E-state index in [0.29, 0.717) is 18.5 Å². The van der Waals surface area contributed by atoms with Crippen molar-refractivity contribution < 1.29 is 4.74 Å². The predicted molar refractivity (Wildman–Crippen MR) is 64.7 cm³/mol. The van der Waals surface area contributed by atoms with Crippen LogP contribution in [0, 0.1) is 0 Å². The zero-order chi connectivity index (χ0) is 13.0. The fourth-order valence-electron chi connectivity index (χ4n) is 1.33. The van der Waals surface area contributed by atoms with Crippen LogP contribution in [0.15, 0.2) is 12.7 Å². The molecule has 2 rings (SSSR count). The van der Waals surface area contributed by atoms with Crippen molar-refractivity contribution in [1.82, 2.24) is 29.7 Å². The van der Waals surface area contributed by atoms with E-state index in [4.69, 9.17) is 16.3 Å². The van der Waals surface area contributed by atoms with Crippen LogP contribution in [0.25, 0.3) is 5.95 Å². The average Bonchev–Trinajstić information content (AvgIpc) is 2.81. The quantitative estimate of drug-likeness (QED) is 0.848. The van der Waals surface area contributed by atoms with E-state index < -0.39 is 0 Å². The molecule has 0 saturated carbocycles. The number of aromatic nitrogens is 6. The number of anilines is 1. The summed E-state index contributed by atoms with van der Waals surface area (Å²) in [6.07, 6.45) is 2.87. The Kier molecular flexibility index (Phi) is 4.00. The second-order valence-electron chi connectivity index (χ2n) is 3.57. The standard InChI is InChI=1S/C9H12ClN7O/c1-6(3-18-2)13-8-14-7(10)15-9(16-8)17-5-11-4-12-17/h4-6H,3H2,1-2H3,(H,13,14,15,16). The van der Waals surface area contributed by atoms with E-state index in [9.17, 15) is 0 Å². The lowest BCUT2D eigenvalue weighted by Gasteiger charge is -2.12. The SMILES string of the molecule is COCC(C)Nc1nc(Cl)nc(-n2cncn2)n1. The zero-order valence-electron chi connectivity index (χ0n) is 9.91. The monoisotopic (exact) mass is 269 g/mol. The summed E-state index contributed by atoms with van der Waals surface area (Å²) >= 11 is 5.83. The molecule has 0 aliphatic heterocycles. The lowest BCUT2D eigenvalue weighted by molar-refractivity contribution is 0.190. The molecule has 2 aromatic rings. The summed E-state index contributed by atoms with van der Waals surface area (Å²) in [4.78, 5) is 15.9. The molecule has 1 unspecified atom stereocenters. The van der Waals surface area contributed by atoms with Gasteiger partial charge in [-0.05, 0) is 18.5 Å². The van der Waals surface area contributed by atoms with E-state index in [0.717, 1.165) is 0 Å². The molecule has 0 radical (unpaired) electrons. The summed E-state index contributed by atoms with van der Waals surface area (Å²) < 4.78 is 6.42. The van der Waals surface area contributed by atoms with Crippen molar-refractivity contribution in [3.05, 3.63) is 17.9 Å². The minimum Gasteiger partial charge on any atom is -0.383 e. The first-order valence-electron chi connectivity index (χ1n) is 5.21. The Labute approximate surface area is 108 Å². The number of hydrogen-bond donors (Lipinski definition) is 1. The molecule has 9 heteroatoms. The Morgan fingerprint density at radius 3 is 2.94 bits per heavy atom. The summed E-state index contributed by atoms with van der Waals surface area (Å²) in [6.45, 7) is 2.47. The van der Waals surface area contributed by atoms with Crippen molar-refractivity contribution in [1.29, 1.82) is 0 Å². The average molecular weight is 270 g/mol. The van der Waals surface area contributed by atoms with Gasteiger partial charge in [-0.25, -0.2) is 4.98 Å². The lowest BCUT2D eigenvalue weighted by atomic mass is 10.4. The first-order chi connectivity index (χ1) is 8.69. The van der Waals surface area contributed by atoms with E-state index in [-0.39, 0.29) is 11.3 Å². The van der Waals surface area contributed by atoms with E-state index in [1.165, 1.54) is 17.3 Å². The molecular formula is C9H12ClN7O. The molecule has 1 N–H and O–H groups in total. The number of halogens is 1. The molecule has 18 heavy (non-hydrogen) atoms. The van der Waals surface area contributed by atoms with Crippen LogP contribution >= 0.6 is 11.6 Å². The van der Waals surface area contributed by atoms with Crippen molar-refractivity contribution in [3.8, 4) is 5.95 Å². The number of hydrogen-bond acceptors (Lipinski definition) is 7. The Morgan fingerprint density at radius 1 is 1.44 bits per heavy atom. The van der Waals surface area contributed by atoms with Gasteiger partial charge in [-0.2, -0.15) is 24.7 Å². The molecule has 0 aliphatic rings. The van der Waals surface area contributed by atoms with Crippen LogP contribution in [0.2, 0.25) is 5.28 Å². The Bertz CT molecular complexity index is 504. The second kappa shape index (κ2) is 5.69. The van der Waals surface area contributed by atoms with Gasteiger partial charge in [-0.1, -0.05) is 0 Å². The minimum atomic E-state index is 0.0528. The molecular weight excluding hydrogens is 258 g/mol. The van der Waals surface area contributed by atoms with Crippen LogP contribution < -0.4 is 5.32 Å². The highest BCUT2D eigenvalue weighted by atomic mass is 35.5. The van der Waals surface area contributed by atoms with Crippen LogP contribution in [0.5, 0.6) is 0 Å². The molecule has 96 valence electrons. The molecule has 0 aliphatic carbocycles. The van der Waals surface area contributed by atoms with Crippen LogP contribution in [0.1, 0.15) is 6.92 Å². The molecule has 0 fully saturated rings. The Hall–Kier alpha value is -1.80. The van der Waals surface area contributed by atoms with E-state index >= 15 is 0 Å². The Morgan fingerprint density at radius 2 is 2.28 bits per heavy atom. The third kappa shape index (κ3) is 3.11. The Balaban J connectivity index is 2.22. The van der Waals surface area contributed by atoms with Gasteiger partial charge in [0.05, 0.1) is 6.61 Å². The molecule has 8 nitrogen and oxygen atoms in total. The molecule has 1 atom stereocenters. The maximum atomic E-state index is 5.83. The van der Waals surface area contributed by atoms with Gasteiger partial charge >= 0.3 is 0 Å². The summed E-state index contributed by atoms with van der Waals surface area (Å²) in [5.41, 5.74) is 0. The van der Waals surface area contributed by atoms with Crippen LogP contribution in [-0.4, -0.2) is 49.5 Å². The first-order valence-corrected chi connectivity index (χ1v) is 5.59. The molecule has 0 aromatic carbocycles. The molecule has 0 amide bonds. The van der Waals surface area contributed by atoms with Crippen LogP contribution in [0.3, 0.4) is 0 Å². The third-order valence-corrected chi connectivity index (χ3v) is 2.18. The highest BCUT2D eigenvalue weighted by molar-refractivity contribution is 6.28. The van der Waals surface area contributed by atoms with Gasteiger partial charge in [0, 0.05) is 13.2 Å². The fourth-order valence-corrected chi connectivity index (χ4v) is 1.49. The van der Waals surface area contributed by atoms with Crippen LogP contribution in [0.4, 0.5) is 5.95 Å². The summed E-state index contributed by atoms with van der Waals surface area (Å²) in [5.74, 6) is 0.671.